The maximum atomic E-state index is 12.6. The zero-order valence-electron chi connectivity index (χ0n) is 17.0. The number of nitrogens with zero attached hydrogens (tertiary/aromatic N) is 2. The van der Waals surface area contributed by atoms with Gasteiger partial charge in [-0.05, 0) is 38.0 Å². The van der Waals surface area contributed by atoms with Crippen LogP contribution in [-0.2, 0) is 24.5 Å². The number of rotatable bonds is 10. The first-order chi connectivity index (χ1) is 14.1. The molecule has 0 atom stereocenters. The minimum absolute atomic E-state index is 0.110. The van der Waals surface area contributed by atoms with Gasteiger partial charge in [-0.3, -0.25) is 10.0 Å². The van der Waals surface area contributed by atoms with Crippen LogP contribution in [0.2, 0.25) is 0 Å². The van der Waals surface area contributed by atoms with E-state index in [1.54, 1.807) is 0 Å². The SMILES string of the molecule is O=C(C1CCOCC1)N(O)S(=O)(=O)N1CCC(CCCCOCCC(F)(F)F)CC1. The van der Waals surface area contributed by atoms with E-state index in [2.05, 4.69) is 0 Å². The molecular formula is C18H31F3N2O6S. The third-order valence-corrected chi connectivity index (χ3v) is 7.19. The minimum atomic E-state index is -4.26. The van der Waals surface area contributed by atoms with Crippen LogP contribution in [0.3, 0.4) is 0 Å². The number of alkyl halides is 3. The third kappa shape index (κ3) is 7.95. The summed E-state index contributed by atoms with van der Waals surface area (Å²) in [6, 6.07) is 0. The van der Waals surface area contributed by atoms with Crippen molar-refractivity contribution >= 4 is 16.1 Å². The maximum absolute atomic E-state index is 12.6. The smallest absolute Gasteiger partial charge is 0.381 e. The highest BCUT2D eigenvalue weighted by Gasteiger charge is 2.38. The molecule has 0 aliphatic carbocycles. The Balaban J connectivity index is 1.66. The lowest BCUT2D eigenvalue weighted by molar-refractivity contribution is -0.154. The second kappa shape index (κ2) is 11.6. The summed E-state index contributed by atoms with van der Waals surface area (Å²) in [5, 5.41) is 10.0. The molecule has 176 valence electrons. The van der Waals surface area contributed by atoms with E-state index in [4.69, 9.17) is 9.47 Å². The van der Waals surface area contributed by atoms with E-state index < -0.39 is 34.6 Å². The van der Waals surface area contributed by atoms with Crippen LogP contribution in [-0.4, -0.2) is 74.0 Å². The molecule has 1 N–H and O–H groups in total. The number of carbonyl (C=O) groups is 1. The number of hydroxylamine groups is 1. The van der Waals surface area contributed by atoms with Crippen molar-refractivity contribution in [2.45, 2.75) is 57.5 Å². The Kier molecular flexibility index (Phi) is 9.79. The summed E-state index contributed by atoms with van der Waals surface area (Å²) in [4.78, 5) is 12.3. The van der Waals surface area contributed by atoms with Gasteiger partial charge in [0.25, 0.3) is 5.91 Å². The molecule has 0 radical (unpaired) electrons. The van der Waals surface area contributed by atoms with Crippen LogP contribution in [0.25, 0.3) is 0 Å². The standard InChI is InChI=1S/C18H31F3N2O6S/c19-18(20,21)8-14-28-11-2-1-3-15-4-9-22(10-5-15)30(26,27)23(25)17(24)16-6-12-29-13-7-16/h15-16,25H,1-14H2. The molecule has 0 unspecified atom stereocenters. The third-order valence-electron chi connectivity index (χ3n) is 5.56. The minimum Gasteiger partial charge on any atom is -0.381 e. The monoisotopic (exact) mass is 460 g/mol. The quantitative estimate of drug-likeness (QED) is 0.306. The van der Waals surface area contributed by atoms with Crippen LogP contribution in [0.15, 0.2) is 0 Å². The van der Waals surface area contributed by atoms with Gasteiger partial charge in [-0.2, -0.15) is 25.9 Å². The van der Waals surface area contributed by atoms with Gasteiger partial charge in [0, 0.05) is 38.8 Å². The summed E-state index contributed by atoms with van der Waals surface area (Å²) in [6.07, 6.45) is -0.896. The van der Waals surface area contributed by atoms with Gasteiger partial charge >= 0.3 is 16.4 Å². The molecule has 2 aliphatic rings. The fraction of sp³-hybridized carbons (Fsp3) is 0.944. The van der Waals surface area contributed by atoms with Crippen LogP contribution in [0.4, 0.5) is 13.2 Å². The van der Waals surface area contributed by atoms with Crippen LogP contribution >= 0.6 is 0 Å². The highest BCUT2D eigenvalue weighted by atomic mass is 32.2. The summed E-state index contributed by atoms with van der Waals surface area (Å²) in [7, 11) is -4.26. The van der Waals surface area contributed by atoms with Crippen LogP contribution in [0, 0.1) is 11.8 Å². The molecule has 8 nitrogen and oxygen atoms in total. The average molecular weight is 461 g/mol. The summed E-state index contributed by atoms with van der Waals surface area (Å²) in [5.74, 6) is -1.08. The molecule has 0 aromatic carbocycles. The Hall–Kier alpha value is -0.950. The summed E-state index contributed by atoms with van der Waals surface area (Å²) < 4.78 is 72.3. The molecule has 2 rings (SSSR count). The summed E-state index contributed by atoms with van der Waals surface area (Å²) >= 11 is 0. The lowest BCUT2D eigenvalue weighted by Gasteiger charge is -2.33. The first-order valence-electron chi connectivity index (χ1n) is 10.4. The number of piperidine rings is 1. The van der Waals surface area contributed by atoms with Crippen molar-refractivity contribution in [3.63, 3.8) is 0 Å². The fourth-order valence-corrected chi connectivity index (χ4v) is 4.95. The normalized spacial score (nSPS) is 20.4. The van der Waals surface area contributed by atoms with Gasteiger partial charge in [0.2, 0.25) is 0 Å². The summed E-state index contributed by atoms with van der Waals surface area (Å²) in [6.45, 7) is 1.10. The Morgan fingerprint density at radius 3 is 2.33 bits per heavy atom. The largest absolute Gasteiger partial charge is 0.391 e. The maximum Gasteiger partial charge on any atom is 0.391 e. The molecule has 2 aliphatic heterocycles. The van der Waals surface area contributed by atoms with E-state index in [9.17, 15) is 31.6 Å². The Morgan fingerprint density at radius 2 is 1.73 bits per heavy atom. The van der Waals surface area contributed by atoms with Crippen LogP contribution in [0.5, 0.6) is 0 Å². The second-order valence-corrected chi connectivity index (χ2v) is 9.55. The predicted molar refractivity (Wildman–Crippen MR) is 101 cm³/mol. The van der Waals surface area contributed by atoms with Crippen molar-refractivity contribution < 1.29 is 41.1 Å². The van der Waals surface area contributed by atoms with Gasteiger partial charge in [0.15, 0.2) is 0 Å². The number of carbonyl (C=O) groups excluding carboxylic acids is 1. The van der Waals surface area contributed by atoms with Gasteiger partial charge in [0.05, 0.1) is 13.0 Å². The fourth-order valence-electron chi connectivity index (χ4n) is 3.68. The number of halogens is 3. The molecule has 2 fully saturated rings. The number of ether oxygens (including phenoxy) is 2. The number of unbranched alkanes of at least 4 members (excludes halogenated alkanes) is 1. The van der Waals surface area contributed by atoms with E-state index in [0.717, 1.165) is 17.1 Å². The van der Waals surface area contributed by atoms with Gasteiger partial charge in [-0.25, -0.2) is 0 Å². The van der Waals surface area contributed by atoms with Gasteiger partial charge in [0.1, 0.15) is 0 Å². The molecule has 2 heterocycles. The molecule has 12 heteroatoms. The van der Waals surface area contributed by atoms with Crippen molar-refractivity contribution in [3.05, 3.63) is 0 Å². The highest BCUT2D eigenvalue weighted by molar-refractivity contribution is 7.87. The zero-order valence-corrected chi connectivity index (χ0v) is 17.8. The molecule has 0 spiro atoms. The molecule has 0 bridgehead atoms. The molecule has 1 amide bonds. The zero-order chi connectivity index (χ0) is 22.2. The Labute approximate surface area is 175 Å². The van der Waals surface area contributed by atoms with Crippen molar-refractivity contribution in [3.8, 4) is 0 Å². The summed E-state index contributed by atoms with van der Waals surface area (Å²) in [5.41, 5.74) is 0. The van der Waals surface area contributed by atoms with Crippen molar-refractivity contribution in [2.24, 2.45) is 11.8 Å². The van der Waals surface area contributed by atoms with Crippen LogP contribution in [0.1, 0.15) is 51.4 Å². The van der Waals surface area contributed by atoms with E-state index in [-0.39, 0.29) is 30.8 Å². The van der Waals surface area contributed by atoms with Gasteiger partial charge in [-0.15, -0.1) is 0 Å². The molecule has 0 aromatic heterocycles. The van der Waals surface area contributed by atoms with E-state index in [1.807, 2.05) is 0 Å². The molecule has 0 saturated carbocycles. The Bertz CT molecular complexity index is 632. The van der Waals surface area contributed by atoms with Gasteiger partial charge < -0.3 is 9.47 Å². The average Bonchev–Trinajstić information content (AvgIpc) is 2.72. The lowest BCUT2D eigenvalue weighted by Crippen LogP contribution is -2.50. The predicted octanol–water partition coefficient (Wildman–Crippen LogP) is 2.73. The van der Waals surface area contributed by atoms with Crippen molar-refractivity contribution in [1.29, 1.82) is 0 Å². The first kappa shape index (κ1) is 25.3. The van der Waals surface area contributed by atoms with Crippen molar-refractivity contribution in [2.75, 3.05) is 39.5 Å². The number of hydrogen-bond acceptors (Lipinski definition) is 6. The van der Waals surface area contributed by atoms with E-state index in [1.165, 1.54) is 0 Å². The first-order valence-corrected chi connectivity index (χ1v) is 11.8. The molecular weight excluding hydrogens is 429 g/mol. The Morgan fingerprint density at radius 1 is 1.10 bits per heavy atom. The molecule has 0 aromatic rings. The van der Waals surface area contributed by atoms with Crippen LogP contribution < -0.4 is 0 Å². The topological polar surface area (TPSA) is 96.4 Å². The highest BCUT2D eigenvalue weighted by Crippen LogP contribution is 2.26. The van der Waals surface area contributed by atoms with Crippen molar-refractivity contribution in [1.82, 2.24) is 8.77 Å². The number of amides is 1. The van der Waals surface area contributed by atoms with E-state index >= 15 is 0 Å². The lowest BCUT2D eigenvalue weighted by atomic mass is 9.92. The number of hydrogen-bond donors (Lipinski definition) is 1. The molecule has 2 saturated heterocycles. The van der Waals surface area contributed by atoms with Gasteiger partial charge in [-0.1, -0.05) is 17.3 Å². The van der Waals surface area contributed by atoms with E-state index in [0.29, 0.717) is 51.2 Å². The second-order valence-electron chi connectivity index (χ2n) is 7.79. The molecule has 30 heavy (non-hydrogen) atoms.